The van der Waals surface area contributed by atoms with Crippen LogP contribution in [-0.2, 0) is 9.53 Å². The van der Waals surface area contributed by atoms with Crippen LogP contribution in [0, 0.1) is 13.8 Å². The molecule has 0 aliphatic rings. The van der Waals surface area contributed by atoms with Gasteiger partial charge in [0.25, 0.3) is 0 Å². The number of carbonyl (C=O) groups is 1. The topological polar surface area (TPSA) is 65.4 Å². The minimum Gasteiger partial charge on any atom is -0.491 e. The van der Waals surface area contributed by atoms with Crippen LogP contribution >= 0.6 is 0 Å². The third-order valence-corrected chi connectivity index (χ3v) is 3.55. The monoisotopic (exact) mass is 331 g/mol. The van der Waals surface area contributed by atoms with Gasteiger partial charge in [0, 0.05) is 6.04 Å². The second kappa shape index (κ2) is 8.49. The fourth-order valence-corrected chi connectivity index (χ4v) is 2.42. The summed E-state index contributed by atoms with van der Waals surface area (Å²) in [5, 5.41) is 7.32. The van der Waals surface area contributed by atoms with E-state index in [2.05, 4.69) is 24.3 Å². The molecule has 0 fully saturated rings. The molecule has 0 atom stereocenters. The number of aromatic nitrogens is 2. The molecule has 1 heterocycles. The number of hydrogen-bond acceptors (Lipinski definition) is 4. The summed E-state index contributed by atoms with van der Waals surface area (Å²) >= 11 is 0. The van der Waals surface area contributed by atoms with Crippen LogP contribution in [0.4, 0.5) is 5.69 Å². The zero-order valence-electron chi connectivity index (χ0n) is 14.7. The third kappa shape index (κ3) is 4.83. The number of hydrogen-bond donors (Lipinski definition) is 1. The predicted octanol–water partition coefficient (Wildman–Crippen LogP) is 3.11. The third-order valence-electron chi connectivity index (χ3n) is 3.55. The van der Waals surface area contributed by atoms with Crippen LogP contribution < -0.4 is 10.1 Å². The maximum absolute atomic E-state index is 12.0. The molecule has 1 amide bonds. The number of aryl methyl sites for hydroxylation is 1. The number of carbonyl (C=O) groups excluding carboxylic acids is 1. The Labute approximate surface area is 142 Å². The van der Waals surface area contributed by atoms with E-state index in [1.165, 1.54) is 0 Å². The molecular weight excluding hydrogens is 306 g/mol. The first-order valence-electron chi connectivity index (χ1n) is 8.10. The Morgan fingerprint density at radius 1 is 1.21 bits per heavy atom. The quantitative estimate of drug-likeness (QED) is 0.755. The van der Waals surface area contributed by atoms with Gasteiger partial charge in [-0.1, -0.05) is 18.2 Å². The van der Waals surface area contributed by atoms with Crippen LogP contribution in [0.15, 0.2) is 30.3 Å². The molecular formula is C18H25N3O3. The molecule has 2 aromatic rings. The summed E-state index contributed by atoms with van der Waals surface area (Å²) in [6.45, 7) is 8.69. The van der Waals surface area contributed by atoms with Crippen molar-refractivity contribution in [3.05, 3.63) is 41.7 Å². The number of ether oxygens (including phenoxy) is 2. The van der Waals surface area contributed by atoms with Gasteiger partial charge in [-0.3, -0.25) is 9.48 Å². The van der Waals surface area contributed by atoms with Crippen molar-refractivity contribution in [2.24, 2.45) is 0 Å². The molecule has 1 N–H and O–H groups in total. The van der Waals surface area contributed by atoms with E-state index in [9.17, 15) is 4.79 Å². The summed E-state index contributed by atoms with van der Waals surface area (Å²) in [5.41, 5.74) is 2.52. The van der Waals surface area contributed by atoms with Crippen LogP contribution in [0.1, 0.15) is 31.3 Å². The SMILES string of the molecule is Cc1nn(C(C)C)c(C)c1NC(=O)COCCOc1ccccc1. The fourth-order valence-electron chi connectivity index (χ4n) is 2.42. The number of anilines is 1. The molecule has 1 aromatic heterocycles. The highest BCUT2D eigenvalue weighted by Crippen LogP contribution is 2.22. The van der Waals surface area contributed by atoms with Gasteiger partial charge in [-0.15, -0.1) is 0 Å². The Morgan fingerprint density at radius 2 is 1.92 bits per heavy atom. The van der Waals surface area contributed by atoms with E-state index >= 15 is 0 Å². The van der Waals surface area contributed by atoms with E-state index in [-0.39, 0.29) is 18.6 Å². The number of rotatable bonds is 8. The lowest BCUT2D eigenvalue weighted by atomic mass is 10.3. The summed E-state index contributed by atoms with van der Waals surface area (Å²) in [5.74, 6) is 0.599. The smallest absolute Gasteiger partial charge is 0.250 e. The second-order valence-electron chi connectivity index (χ2n) is 5.85. The minimum absolute atomic E-state index is 0.0100. The summed E-state index contributed by atoms with van der Waals surface area (Å²) < 4.78 is 12.8. The first-order valence-corrected chi connectivity index (χ1v) is 8.10. The molecule has 0 aliphatic carbocycles. The van der Waals surface area contributed by atoms with Crippen molar-refractivity contribution in [3.8, 4) is 5.75 Å². The van der Waals surface area contributed by atoms with E-state index in [1.54, 1.807) is 0 Å². The summed E-state index contributed by atoms with van der Waals surface area (Å²) in [6, 6.07) is 9.76. The Bertz CT molecular complexity index is 666. The molecule has 130 valence electrons. The molecule has 0 bridgehead atoms. The van der Waals surface area contributed by atoms with Crippen LogP contribution in [0.2, 0.25) is 0 Å². The highest BCUT2D eigenvalue weighted by atomic mass is 16.5. The van der Waals surface area contributed by atoms with Crippen LogP contribution in [0.25, 0.3) is 0 Å². The van der Waals surface area contributed by atoms with Gasteiger partial charge in [-0.05, 0) is 39.8 Å². The van der Waals surface area contributed by atoms with E-state index in [0.717, 1.165) is 22.8 Å². The lowest BCUT2D eigenvalue weighted by Gasteiger charge is -2.10. The normalized spacial score (nSPS) is 10.9. The van der Waals surface area contributed by atoms with Crippen LogP contribution in [0.3, 0.4) is 0 Å². The van der Waals surface area contributed by atoms with Gasteiger partial charge in [-0.25, -0.2) is 0 Å². The van der Waals surface area contributed by atoms with Crippen molar-refractivity contribution in [1.29, 1.82) is 0 Å². The van der Waals surface area contributed by atoms with Gasteiger partial charge in [-0.2, -0.15) is 5.10 Å². The molecule has 6 nitrogen and oxygen atoms in total. The Balaban J connectivity index is 1.74. The first-order chi connectivity index (χ1) is 11.5. The molecule has 0 saturated heterocycles. The summed E-state index contributed by atoms with van der Waals surface area (Å²) in [6.07, 6.45) is 0. The van der Waals surface area contributed by atoms with Crippen molar-refractivity contribution in [2.75, 3.05) is 25.1 Å². The highest BCUT2D eigenvalue weighted by Gasteiger charge is 2.15. The Hall–Kier alpha value is -2.34. The largest absolute Gasteiger partial charge is 0.491 e. The van der Waals surface area contributed by atoms with Crippen molar-refractivity contribution in [3.63, 3.8) is 0 Å². The second-order valence-corrected chi connectivity index (χ2v) is 5.85. The van der Waals surface area contributed by atoms with Gasteiger partial charge in [0.05, 0.1) is 23.7 Å². The lowest BCUT2D eigenvalue weighted by Crippen LogP contribution is -2.21. The summed E-state index contributed by atoms with van der Waals surface area (Å²) in [7, 11) is 0. The standard InChI is InChI=1S/C18H25N3O3/c1-13(2)21-15(4)18(14(3)20-21)19-17(22)12-23-10-11-24-16-8-6-5-7-9-16/h5-9,13H,10-12H2,1-4H3,(H,19,22). The number of benzene rings is 1. The molecule has 24 heavy (non-hydrogen) atoms. The Kier molecular flexibility index (Phi) is 6.37. The van der Waals surface area contributed by atoms with Crippen LogP contribution in [-0.4, -0.2) is 35.5 Å². The van der Waals surface area contributed by atoms with Crippen molar-refractivity contribution in [2.45, 2.75) is 33.7 Å². The predicted molar refractivity (Wildman–Crippen MR) is 93.5 cm³/mol. The van der Waals surface area contributed by atoms with Gasteiger partial charge in [0.1, 0.15) is 19.0 Å². The van der Waals surface area contributed by atoms with Gasteiger partial charge >= 0.3 is 0 Å². The average Bonchev–Trinajstić information content (AvgIpc) is 2.84. The zero-order chi connectivity index (χ0) is 17.5. The molecule has 2 rings (SSSR count). The molecule has 0 aliphatic heterocycles. The van der Waals surface area contributed by atoms with Crippen molar-refractivity contribution in [1.82, 2.24) is 9.78 Å². The molecule has 1 aromatic carbocycles. The van der Waals surface area contributed by atoms with Crippen molar-refractivity contribution < 1.29 is 14.3 Å². The number of nitrogens with zero attached hydrogens (tertiary/aromatic N) is 2. The van der Waals surface area contributed by atoms with Crippen LogP contribution in [0.5, 0.6) is 5.75 Å². The lowest BCUT2D eigenvalue weighted by molar-refractivity contribution is -0.120. The molecule has 6 heteroatoms. The number of para-hydroxylation sites is 1. The maximum Gasteiger partial charge on any atom is 0.250 e. The Morgan fingerprint density at radius 3 is 2.54 bits per heavy atom. The van der Waals surface area contributed by atoms with E-state index < -0.39 is 0 Å². The number of amides is 1. The first kappa shape index (κ1) is 18.0. The molecule has 0 unspecified atom stereocenters. The van der Waals surface area contributed by atoms with Crippen molar-refractivity contribution >= 4 is 11.6 Å². The maximum atomic E-state index is 12.0. The number of nitrogens with one attached hydrogen (secondary N) is 1. The van der Waals surface area contributed by atoms with Gasteiger partial charge in [0.15, 0.2) is 0 Å². The molecule has 0 spiro atoms. The fraction of sp³-hybridized carbons (Fsp3) is 0.444. The average molecular weight is 331 g/mol. The zero-order valence-corrected chi connectivity index (χ0v) is 14.7. The molecule has 0 saturated carbocycles. The van der Waals surface area contributed by atoms with Gasteiger partial charge < -0.3 is 14.8 Å². The van der Waals surface area contributed by atoms with E-state index in [1.807, 2.05) is 48.9 Å². The highest BCUT2D eigenvalue weighted by molar-refractivity contribution is 5.92. The molecule has 0 radical (unpaired) electrons. The van der Waals surface area contributed by atoms with Gasteiger partial charge in [0.2, 0.25) is 5.91 Å². The van der Waals surface area contributed by atoms with E-state index in [4.69, 9.17) is 9.47 Å². The van der Waals surface area contributed by atoms with E-state index in [0.29, 0.717) is 13.2 Å². The summed E-state index contributed by atoms with van der Waals surface area (Å²) in [4.78, 5) is 12.0. The minimum atomic E-state index is -0.191.